The molecule has 3 rings (SSSR count). The van der Waals surface area contributed by atoms with Gasteiger partial charge in [-0.3, -0.25) is 0 Å². The standard InChI is InChI=1S/C24H28F2N2O8/c1-15(33-21-13-17(25)5-7-19(21)31-3)35-23(29)27-9-11-28(12-10-27)24(30)36-16(2)34-22-14-18(26)6-8-20(22)32-4/h5-8,13-16H,9-12H2,1-4H3/t15-,16-/m1/s1. The molecule has 1 saturated heterocycles. The van der Waals surface area contributed by atoms with Gasteiger partial charge in [0.2, 0.25) is 12.6 Å². The minimum Gasteiger partial charge on any atom is -0.493 e. The summed E-state index contributed by atoms with van der Waals surface area (Å²) in [6.45, 7) is 3.75. The number of amides is 2. The Hall–Kier alpha value is -3.96. The minimum absolute atomic E-state index is 0.0950. The summed E-state index contributed by atoms with van der Waals surface area (Å²) in [5, 5.41) is 0. The number of rotatable bonds is 8. The fourth-order valence-electron chi connectivity index (χ4n) is 3.40. The Morgan fingerprint density at radius 2 is 1.06 bits per heavy atom. The maximum absolute atomic E-state index is 13.5. The van der Waals surface area contributed by atoms with Crippen LogP contribution in [0.5, 0.6) is 23.0 Å². The molecule has 196 valence electrons. The van der Waals surface area contributed by atoms with Crippen molar-refractivity contribution >= 4 is 12.2 Å². The van der Waals surface area contributed by atoms with Crippen molar-refractivity contribution in [1.82, 2.24) is 9.80 Å². The molecule has 0 aliphatic carbocycles. The molecular formula is C24H28F2N2O8. The topological polar surface area (TPSA) is 96.0 Å². The van der Waals surface area contributed by atoms with Crippen molar-refractivity contribution in [2.45, 2.75) is 26.4 Å². The smallest absolute Gasteiger partial charge is 0.412 e. The van der Waals surface area contributed by atoms with Crippen LogP contribution in [-0.4, -0.2) is 75.0 Å². The van der Waals surface area contributed by atoms with E-state index >= 15 is 0 Å². The van der Waals surface area contributed by atoms with Crippen LogP contribution in [0, 0.1) is 11.6 Å². The van der Waals surface area contributed by atoms with Crippen LogP contribution >= 0.6 is 0 Å². The quantitative estimate of drug-likeness (QED) is 0.492. The van der Waals surface area contributed by atoms with Crippen molar-refractivity contribution in [3.05, 3.63) is 48.0 Å². The summed E-state index contributed by atoms with van der Waals surface area (Å²) in [7, 11) is 2.82. The van der Waals surface area contributed by atoms with Crippen LogP contribution in [0.25, 0.3) is 0 Å². The average Bonchev–Trinajstić information content (AvgIpc) is 2.84. The summed E-state index contributed by atoms with van der Waals surface area (Å²) >= 11 is 0. The minimum atomic E-state index is -1.02. The Kier molecular flexibility index (Phi) is 8.98. The predicted octanol–water partition coefficient (Wildman–Crippen LogP) is 4.02. The van der Waals surface area contributed by atoms with Gasteiger partial charge in [0.05, 0.1) is 14.2 Å². The van der Waals surface area contributed by atoms with Gasteiger partial charge in [0.1, 0.15) is 11.6 Å². The highest BCUT2D eigenvalue weighted by atomic mass is 19.1. The molecule has 2 aromatic carbocycles. The lowest BCUT2D eigenvalue weighted by Gasteiger charge is -2.34. The van der Waals surface area contributed by atoms with Crippen molar-refractivity contribution in [3.8, 4) is 23.0 Å². The van der Waals surface area contributed by atoms with Crippen LogP contribution in [0.1, 0.15) is 13.8 Å². The van der Waals surface area contributed by atoms with Crippen LogP contribution in [0.4, 0.5) is 18.4 Å². The maximum Gasteiger partial charge on any atom is 0.412 e. The van der Waals surface area contributed by atoms with Crippen LogP contribution in [0.2, 0.25) is 0 Å². The molecule has 1 fully saturated rings. The fraction of sp³-hybridized carbons (Fsp3) is 0.417. The van der Waals surface area contributed by atoms with Crippen molar-refractivity contribution in [2.75, 3.05) is 40.4 Å². The van der Waals surface area contributed by atoms with Crippen molar-refractivity contribution in [2.24, 2.45) is 0 Å². The molecule has 1 aliphatic heterocycles. The number of nitrogens with zero attached hydrogens (tertiary/aromatic N) is 2. The monoisotopic (exact) mass is 510 g/mol. The Labute approximate surface area is 207 Å². The SMILES string of the molecule is COc1ccc(F)cc1O[C@@H](C)OC(=O)N1CCN(C(=O)O[C@H](C)Oc2cc(F)ccc2OC)CC1. The number of carbonyl (C=O) groups excluding carboxylic acids is 2. The molecule has 0 bridgehead atoms. The highest BCUT2D eigenvalue weighted by molar-refractivity contribution is 5.70. The first kappa shape index (κ1) is 26.6. The summed E-state index contributed by atoms with van der Waals surface area (Å²) in [5.41, 5.74) is 0. The van der Waals surface area contributed by atoms with Crippen molar-refractivity contribution < 1.29 is 46.8 Å². The Balaban J connectivity index is 1.45. The van der Waals surface area contributed by atoms with Gasteiger partial charge in [0.25, 0.3) is 0 Å². The summed E-state index contributed by atoms with van der Waals surface area (Å²) in [6, 6.07) is 7.50. The van der Waals surface area contributed by atoms with E-state index in [1.807, 2.05) is 0 Å². The molecule has 36 heavy (non-hydrogen) atoms. The molecule has 0 aromatic heterocycles. The second-order valence-electron chi connectivity index (χ2n) is 7.70. The molecule has 2 aromatic rings. The van der Waals surface area contributed by atoms with Gasteiger partial charge in [-0.15, -0.1) is 0 Å². The molecule has 10 nitrogen and oxygen atoms in total. The van der Waals surface area contributed by atoms with E-state index in [9.17, 15) is 18.4 Å². The molecule has 12 heteroatoms. The molecule has 2 amide bonds. The van der Waals surface area contributed by atoms with E-state index < -0.39 is 36.4 Å². The van der Waals surface area contributed by atoms with Crippen LogP contribution in [0.3, 0.4) is 0 Å². The average molecular weight is 510 g/mol. The molecular weight excluding hydrogens is 482 g/mol. The van der Waals surface area contributed by atoms with Gasteiger partial charge >= 0.3 is 12.2 Å². The Bertz CT molecular complexity index is 979. The number of methoxy groups -OCH3 is 2. The van der Waals surface area contributed by atoms with Gasteiger partial charge in [0.15, 0.2) is 23.0 Å². The lowest BCUT2D eigenvalue weighted by atomic mass is 10.3. The normalized spacial score (nSPS) is 14.9. The summed E-state index contributed by atoms with van der Waals surface area (Å²) in [5.74, 6) is -0.277. The second-order valence-corrected chi connectivity index (χ2v) is 7.70. The summed E-state index contributed by atoms with van der Waals surface area (Å²) in [4.78, 5) is 27.8. The van der Waals surface area contributed by atoms with E-state index in [0.717, 1.165) is 12.1 Å². The lowest BCUT2D eigenvalue weighted by Crippen LogP contribution is -2.51. The number of hydrogen-bond acceptors (Lipinski definition) is 8. The number of carbonyl (C=O) groups is 2. The third-order valence-corrected chi connectivity index (χ3v) is 5.17. The molecule has 0 N–H and O–H groups in total. The first-order chi connectivity index (χ1) is 17.2. The largest absolute Gasteiger partial charge is 0.493 e. The number of piperazine rings is 1. The zero-order valence-corrected chi connectivity index (χ0v) is 20.4. The number of hydrogen-bond donors (Lipinski definition) is 0. The Morgan fingerprint density at radius 3 is 1.39 bits per heavy atom. The second kappa shape index (κ2) is 12.1. The van der Waals surface area contributed by atoms with Gasteiger partial charge in [-0.05, 0) is 24.3 Å². The molecule has 0 spiro atoms. The van der Waals surface area contributed by atoms with E-state index in [0.29, 0.717) is 11.5 Å². The molecule has 1 aliphatic rings. The van der Waals surface area contributed by atoms with Gasteiger partial charge in [-0.2, -0.15) is 0 Å². The first-order valence-corrected chi connectivity index (χ1v) is 11.1. The zero-order chi connectivity index (χ0) is 26.2. The van der Waals surface area contributed by atoms with Crippen LogP contribution in [-0.2, 0) is 9.47 Å². The van der Waals surface area contributed by atoms with Gasteiger partial charge in [-0.1, -0.05) is 0 Å². The van der Waals surface area contributed by atoms with E-state index in [1.54, 1.807) is 0 Å². The zero-order valence-electron chi connectivity index (χ0n) is 20.4. The van der Waals surface area contributed by atoms with Crippen LogP contribution in [0.15, 0.2) is 36.4 Å². The van der Waals surface area contributed by atoms with Gasteiger partial charge in [0, 0.05) is 52.2 Å². The van der Waals surface area contributed by atoms with E-state index in [2.05, 4.69) is 0 Å². The number of halogens is 2. The molecule has 0 unspecified atom stereocenters. The molecule has 2 atom stereocenters. The van der Waals surface area contributed by atoms with E-state index in [4.69, 9.17) is 28.4 Å². The Morgan fingerprint density at radius 1 is 0.694 bits per heavy atom. The third kappa shape index (κ3) is 7.03. The number of ether oxygens (including phenoxy) is 6. The highest BCUT2D eigenvalue weighted by Crippen LogP contribution is 2.29. The van der Waals surface area contributed by atoms with E-state index in [-0.39, 0.29) is 37.7 Å². The molecule has 0 saturated carbocycles. The van der Waals surface area contributed by atoms with Crippen LogP contribution < -0.4 is 18.9 Å². The molecule has 0 radical (unpaired) electrons. The van der Waals surface area contributed by atoms with Gasteiger partial charge < -0.3 is 38.2 Å². The third-order valence-electron chi connectivity index (χ3n) is 5.17. The van der Waals surface area contributed by atoms with E-state index in [1.165, 1.54) is 62.1 Å². The number of benzene rings is 2. The van der Waals surface area contributed by atoms with Crippen molar-refractivity contribution in [1.29, 1.82) is 0 Å². The summed E-state index contributed by atoms with van der Waals surface area (Å²) < 4.78 is 58.8. The molecule has 1 heterocycles. The lowest BCUT2D eigenvalue weighted by molar-refractivity contribution is -0.0489. The first-order valence-electron chi connectivity index (χ1n) is 11.1. The fourth-order valence-corrected chi connectivity index (χ4v) is 3.40. The van der Waals surface area contributed by atoms with Gasteiger partial charge in [-0.25, -0.2) is 18.4 Å². The highest BCUT2D eigenvalue weighted by Gasteiger charge is 2.28. The predicted molar refractivity (Wildman–Crippen MR) is 122 cm³/mol. The maximum atomic E-state index is 13.5. The van der Waals surface area contributed by atoms with Crippen molar-refractivity contribution in [3.63, 3.8) is 0 Å². The summed E-state index contributed by atoms with van der Waals surface area (Å²) in [6.07, 6.45) is -3.34.